The molecule has 0 atom stereocenters. The first-order valence-corrected chi connectivity index (χ1v) is 4.38. The van der Waals surface area contributed by atoms with Gasteiger partial charge in [-0.2, -0.15) is 0 Å². The zero-order chi connectivity index (χ0) is 9.42. The number of aromatic nitrogens is 2. The Morgan fingerprint density at radius 2 is 2.23 bits per heavy atom. The molecule has 4 nitrogen and oxygen atoms in total. The Balaban J connectivity index is 2.56. The Morgan fingerprint density at radius 1 is 1.46 bits per heavy atom. The molecule has 1 N–H and O–H groups in total. The SMILES string of the molecule is CC(C)c1nc2c(c(=O)[nH]1)COC2. The minimum atomic E-state index is -0.0498. The van der Waals surface area contributed by atoms with E-state index in [9.17, 15) is 4.79 Å². The second-order valence-electron chi connectivity index (χ2n) is 3.52. The van der Waals surface area contributed by atoms with Crippen molar-refractivity contribution in [2.75, 3.05) is 0 Å². The largest absolute Gasteiger partial charge is 0.370 e. The van der Waals surface area contributed by atoms with Gasteiger partial charge >= 0.3 is 0 Å². The smallest absolute Gasteiger partial charge is 0.256 e. The fraction of sp³-hybridized carbons (Fsp3) is 0.556. The average molecular weight is 180 g/mol. The summed E-state index contributed by atoms with van der Waals surface area (Å²) in [6.07, 6.45) is 0. The zero-order valence-electron chi connectivity index (χ0n) is 7.76. The van der Waals surface area contributed by atoms with Crippen LogP contribution in [0.25, 0.3) is 0 Å². The number of fused-ring (bicyclic) bond motifs is 1. The van der Waals surface area contributed by atoms with Crippen LogP contribution in [-0.4, -0.2) is 9.97 Å². The van der Waals surface area contributed by atoms with Crippen LogP contribution in [0.2, 0.25) is 0 Å². The van der Waals surface area contributed by atoms with Crippen LogP contribution in [0, 0.1) is 0 Å². The fourth-order valence-corrected chi connectivity index (χ4v) is 1.36. The molecule has 2 rings (SSSR count). The van der Waals surface area contributed by atoms with Crippen molar-refractivity contribution < 1.29 is 4.74 Å². The van der Waals surface area contributed by atoms with E-state index in [1.807, 2.05) is 13.8 Å². The topological polar surface area (TPSA) is 55.0 Å². The lowest BCUT2D eigenvalue weighted by Crippen LogP contribution is -2.17. The molecule has 1 aliphatic rings. The highest BCUT2D eigenvalue weighted by Gasteiger charge is 2.18. The van der Waals surface area contributed by atoms with Crippen molar-refractivity contribution >= 4 is 0 Å². The van der Waals surface area contributed by atoms with Gasteiger partial charge in [-0.05, 0) is 0 Å². The van der Waals surface area contributed by atoms with Crippen molar-refractivity contribution in [2.24, 2.45) is 0 Å². The summed E-state index contributed by atoms with van der Waals surface area (Å²) in [5, 5.41) is 0. The first-order chi connectivity index (χ1) is 6.18. The van der Waals surface area contributed by atoms with E-state index in [2.05, 4.69) is 9.97 Å². The van der Waals surface area contributed by atoms with Crippen LogP contribution in [0.1, 0.15) is 36.8 Å². The second kappa shape index (κ2) is 2.96. The second-order valence-corrected chi connectivity index (χ2v) is 3.52. The number of H-pyrrole nitrogens is 1. The van der Waals surface area contributed by atoms with Gasteiger partial charge in [0, 0.05) is 5.92 Å². The van der Waals surface area contributed by atoms with Crippen molar-refractivity contribution in [3.63, 3.8) is 0 Å². The van der Waals surface area contributed by atoms with Crippen LogP contribution in [0.5, 0.6) is 0 Å². The van der Waals surface area contributed by atoms with E-state index in [1.54, 1.807) is 0 Å². The van der Waals surface area contributed by atoms with Crippen LogP contribution in [0.15, 0.2) is 4.79 Å². The maximum Gasteiger partial charge on any atom is 0.256 e. The number of hydrogen-bond acceptors (Lipinski definition) is 3. The molecule has 0 aliphatic carbocycles. The Morgan fingerprint density at radius 3 is 2.92 bits per heavy atom. The molecule has 0 saturated carbocycles. The number of hydrogen-bond donors (Lipinski definition) is 1. The molecule has 0 radical (unpaired) electrons. The van der Waals surface area contributed by atoms with Gasteiger partial charge in [-0.25, -0.2) is 4.98 Å². The van der Waals surface area contributed by atoms with Gasteiger partial charge in [0.15, 0.2) is 0 Å². The quantitative estimate of drug-likeness (QED) is 0.699. The first-order valence-electron chi connectivity index (χ1n) is 4.38. The van der Waals surface area contributed by atoms with E-state index in [1.165, 1.54) is 0 Å². The molecule has 0 saturated heterocycles. The first kappa shape index (κ1) is 8.44. The third-order valence-corrected chi connectivity index (χ3v) is 2.15. The van der Waals surface area contributed by atoms with E-state index in [0.717, 1.165) is 11.5 Å². The van der Waals surface area contributed by atoms with Gasteiger partial charge in [0.25, 0.3) is 5.56 Å². The molecular formula is C9H12N2O2. The Bertz CT molecular complexity index is 382. The third-order valence-electron chi connectivity index (χ3n) is 2.15. The number of nitrogens with zero attached hydrogens (tertiary/aromatic N) is 1. The molecule has 0 aromatic carbocycles. The minimum absolute atomic E-state index is 0.0498. The number of rotatable bonds is 1. The average Bonchev–Trinajstić information content (AvgIpc) is 2.51. The highest BCUT2D eigenvalue weighted by Crippen LogP contribution is 2.15. The van der Waals surface area contributed by atoms with Gasteiger partial charge in [0.1, 0.15) is 5.82 Å². The summed E-state index contributed by atoms with van der Waals surface area (Å²) in [6.45, 7) is 4.87. The van der Waals surface area contributed by atoms with Crippen LogP contribution < -0.4 is 5.56 Å². The van der Waals surface area contributed by atoms with Gasteiger partial charge in [-0.1, -0.05) is 13.8 Å². The monoisotopic (exact) mass is 180 g/mol. The van der Waals surface area contributed by atoms with Crippen molar-refractivity contribution in [2.45, 2.75) is 33.0 Å². The molecule has 0 spiro atoms. The molecule has 13 heavy (non-hydrogen) atoms. The highest BCUT2D eigenvalue weighted by atomic mass is 16.5. The summed E-state index contributed by atoms with van der Waals surface area (Å²) in [5.41, 5.74) is 1.43. The Kier molecular flexibility index (Phi) is 1.92. The molecular weight excluding hydrogens is 168 g/mol. The summed E-state index contributed by atoms with van der Waals surface area (Å²) in [7, 11) is 0. The third kappa shape index (κ3) is 1.37. The molecule has 0 bridgehead atoms. The summed E-state index contributed by atoms with van der Waals surface area (Å²) in [5.74, 6) is 0.993. The van der Waals surface area contributed by atoms with E-state index >= 15 is 0 Å². The molecule has 0 unspecified atom stereocenters. The maximum absolute atomic E-state index is 11.5. The molecule has 0 amide bonds. The van der Waals surface area contributed by atoms with Gasteiger partial charge in [0.05, 0.1) is 24.5 Å². The van der Waals surface area contributed by atoms with Gasteiger partial charge in [-0.15, -0.1) is 0 Å². The van der Waals surface area contributed by atoms with Gasteiger partial charge < -0.3 is 9.72 Å². The number of aromatic amines is 1. The standard InChI is InChI=1S/C9H12N2O2/c1-5(2)8-10-7-4-13-3-6(7)9(12)11-8/h5H,3-4H2,1-2H3,(H,10,11,12). The molecule has 0 fully saturated rings. The highest BCUT2D eigenvalue weighted by molar-refractivity contribution is 5.19. The number of nitrogens with one attached hydrogen (secondary N) is 1. The lowest BCUT2D eigenvalue weighted by molar-refractivity contribution is 0.132. The fourth-order valence-electron chi connectivity index (χ4n) is 1.36. The minimum Gasteiger partial charge on any atom is -0.370 e. The molecule has 2 heterocycles. The number of ether oxygens (including phenoxy) is 1. The molecule has 1 aromatic heterocycles. The molecule has 4 heteroatoms. The Hall–Kier alpha value is -1.16. The summed E-state index contributed by atoms with van der Waals surface area (Å²) in [6, 6.07) is 0. The van der Waals surface area contributed by atoms with E-state index in [4.69, 9.17) is 4.74 Å². The molecule has 1 aromatic rings. The van der Waals surface area contributed by atoms with Crippen molar-refractivity contribution in [3.8, 4) is 0 Å². The van der Waals surface area contributed by atoms with Crippen LogP contribution in [0.3, 0.4) is 0 Å². The van der Waals surface area contributed by atoms with E-state index < -0.39 is 0 Å². The normalized spacial score (nSPS) is 15.0. The van der Waals surface area contributed by atoms with Gasteiger partial charge in [0.2, 0.25) is 0 Å². The van der Waals surface area contributed by atoms with E-state index in [0.29, 0.717) is 18.8 Å². The van der Waals surface area contributed by atoms with Crippen molar-refractivity contribution in [1.29, 1.82) is 0 Å². The summed E-state index contributed by atoms with van der Waals surface area (Å²) >= 11 is 0. The zero-order valence-corrected chi connectivity index (χ0v) is 7.76. The lowest BCUT2D eigenvalue weighted by atomic mass is 10.2. The van der Waals surface area contributed by atoms with Crippen LogP contribution in [-0.2, 0) is 18.0 Å². The predicted octanol–water partition coefficient (Wildman–Crippen LogP) is 0.923. The van der Waals surface area contributed by atoms with Gasteiger partial charge in [-0.3, -0.25) is 4.79 Å². The van der Waals surface area contributed by atoms with Crippen LogP contribution >= 0.6 is 0 Å². The van der Waals surface area contributed by atoms with Crippen molar-refractivity contribution in [1.82, 2.24) is 9.97 Å². The van der Waals surface area contributed by atoms with E-state index in [-0.39, 0.29) is 11.5 Å². The molecule has 70 valence electrons. The molecule has 1 aliphatic heterocycles. The lowest BCUT2D eigenvalue weighted by Gasteiger charge is -2.04. The van der Waals surface area contributed by atoms with Crippen LogP contribution in [0.4, 0.5) is 0 Å². The predicted molar refractivity (Wildman–Crippen MR) is 47.4 cm³/mol. The van der Waals surface area contributed by atoms with Crippen molar-refractivity contribution in [3.05, 3.63) is 27.4 Å². The summed E-state index contributed by atoms with van der Waals surface area (Å²) in [4.78, 5) is 18.6. The maximum atomic E-state index is 11.5. The summed E-state index contributed by atoms with van der Waals surface area (Å²) < 4.78 is 5.15. The Labute approximate surface area is 76.0 Å².